The van der Waals surface area contributed by atoms with E-state index in [0.717, 1.165) is 13.1 Å². The van der Waals surface area contributed by atoms with Gasteiger partial charge < -0.3 is 15.2 Å². The van der Waals surface area contributed by atoms with Crippen LogP contribution in [0.3, 0.4) is 0 Å². The van der Waals surface area contributed by atoms with E-state index in [1.165, 1.54) is 12.1 Å². The molecule has 0 spiro atoms. The SMILES string of the molecule is Oc1c([C@H](c2ccc(OC(F)(F)F)cc2)N2CCNCC2)ccc(Cl)c1Cl. The van der Waals surface area contributed by atoms with Crippen LogP contribution >= 0.6 is 23.2 Å². The number of hydrogen-bond donors (Lipinski definition) is 2. The molecular formula is C18H17Cl2F3N2O2. The molecule has 0 amide bonds. The van der Waals surface area contributed by atoms with Gasteiger partial charge in [-0.1, -0.05) is 41.4 Å². The van der Waals surface area contributed by atoms with Crippen molar-refractivity contribution in [3.05, 3.63) is 57.6 Å². The second-order valence-corrected chi connectivity index (χ2v) is 6.89. The lowest BCUT2D eigenvalue weighted by atomic mass is 9.95. The van der Waals surface area contributed by atoms with Gasteiger partial charge >= 0.3 is 6.36 Å². The molecule has 0 unspecified atom stereocenters. The van der Waals surface area contributed by atoms with Crippen LogP contribution in [0.2, 0.25) is 10.0 Å². The first-order chi connectivity index (χ1) is 12.8. The molecule has 3 rings (SSSR count). The summed E-state index contributed by atoms with van der Waals surface area (Å²) in [6.07, 6.45) is -4.75. The zero-order chi connectivity index (χ0) is 19.6. The zero-order valence-corrected chi connectivity index (χ0v) is 15.6. The third kappa shape index (κ3) is 4.79. The molecule has 2 aromatic rings. The highest BCUT2D eigenvalue weighted by atomic mass is 35.5. The summed E-state index contributed by atoms with van der Waals surface area (Å²) in [5.74, 6) is -0.438. The molecular weight excluding hydrogens is 404 g/mol. The van der Waals surface area contributed by atoms with Gasteiger partial charge in [-0.2, -0.15) is 0 Å². The van der Waals surface area contributed by atoms with E-state index in [9.17, 15) is 18.3 Å². The summed E-state index contributed by atoms with van der Waals surface area (Å²) in [6.45, 7) is 2.91. The summed E-state index contributed by atoms with van der Waals surface area (Å²) in [5, 5.41) is 14.0. The Morgan fingerprint density at radius 1 is 1.04 bits per heavy atom. The second kappa shape index (κ2) is 8.14. The van der Waals surface area contributed by atoms with Gasteiger partial charge in [0.15, 0.2) is 0 Å². The van der Waals surface area contributed by atoms with E-state index in [1.807, 2.05) is 0 Å². The maximum absolute atomic E-state index is 12.4. The van der Waals surface area contributed by atoms with E-state index >= 15 is 0 Å². The van der Waals surface area contributed by atoms with Gasteiger partial charge in [0, 0.05) is 31.7 Å². The molecule has 1 aliphatic rings. The van der Waals surface area contributed by atoms with Crippen LogP contribution in [-0.2, 0) is 0 Å². The Hall–Kier alpha value is -1.67. The third-order valence-corrected chi connectivity index (χ3v) is 5.14. The van der Waals surface area contributed by atoms with E-state index in [2.05, 4.69) is 15.0 Å². The maximum atomic E-state index is 12.4. The molecule has 1 heterocycles. The van der Waals surface area contributed by atoms with Gasteiger partial charge in [-0.3, -0.25) is 4.90 Å². The van der Waals surface area contributed by atoms with E-state index in [0.29, 0.717) is 24.2 Å². The van der Waals surface area contributed by atoms with Crippen LogP contribution in [0.1, 0.15) is 17.2 Å². The van der Waals surface area contributed by atoms with Gasteiger partial charge in [0.2, 0.25) is 0 Å². The molecule has 4 nitrogen and oxygen atoms in total. The summed E-state index contributed by atoms with van der Waals surface area (Å²) in [7, 11) is 0. The number of phenolic OH excluding ortho intramolecular Hbond substituents is 1. The molecule has 2 aromatic carbocycles. The first kappa shape index (κ1) is 20.1. The number of aromatic hydroxyl groups is 1. The van der Waals surface area contributed by atoms with E-state index < -0.39 is 6.36 Å². The number of rotatable bonds is 4. The molecule has 0 saturated carbocycles. The molecule has 0 aromatic heterocycles. The van der Waals surface area contributed by atoms with Crippen molar-refractivity contribution in [3.8, 4) is 11.5 Å². The third-order valence-electron chi connectivity index (χ3n) is 4.34. The van der Waals surface area contributed by atoms with E-state index in [4.69, 9.17) is 23.2 Å². The summed E-state index contributed by atoms with van der Waals surface area (Å²) < 4.78 is 41.1. The number of nitrogens with zero attached hydrogens (tertiary/aromatic N) is 1. The Balaban J connectivity index is 1.99. The fraction of sp³-hybridized carbons (Fsp3) is 0.333. The Kier molecular flexibility index (Phi) is 6.05. The zero-order valence-electron chi connectivity index (χ0n) is 14.1. The summed E-state index contributed by atoms with van der Waals surface area (Å²) in [5.41, 5.74) is 1.25. The monoisotopic (exact) mass is 420 g/mol. The lowest BCUT2D eigenvalue weighted by molar-refractivity contribution is -0.274. The molecule has 1 atom stereocenters. The summed E-state index contributed by atoms with van der Waals surface area (Å²) in [6, 6.07) is 8.50. The molecule has 1 fully saturated rings. The first-order valence-electron chi connectivity index (χ1n) is 8.23. The highest BCUT2D eigenvalue weighted by Crippen LogP contribution is 2.41. The van der Waals surface area contributed by atoms with Crippen LogP contribution in [-0.4, -0.2) is 42.5 Å². The Labute approximate surface area is 164 Å². The van der Waals surface area contributed by atoms with Crippen LogP contribution in [0.15, 0.2) is 36.4 Å². The van der Waals surface area contributed by atoms with E-state index in [1.54, 1.807) is 24.3 Å². The van der Waals surface area contributed by atoms with E-state index in [-0.39, 0.29) is 27.6 Å². The minimum absolute atomic E-state index is 0.0475. The van der Waals surface area contributed by atoms with Crippen LogP contribution in [0, 0.1) is 0 Å². The van der Waals surface area contributed by atoms with Crippen molar-refractivity contribution in [1.82, 2.24) is 10.2 Å². The summed E-state index contributed by atoms with van der Waals surface area (Å²) in [4.78, 5) is 2.12. The maximum Gasteiger partial charge on any atom is 0.573 e. The van der Waals surface area contributed by atoms with Gasteiger partial charge in [0.25, 0.3) is 0 Å². The van der Waals surface area contributed by atoms with Crippen LogP contribution in [0.25, 0.3) is 0 Å². The fourth-order valence-corrected chi connectivity index (χ4v) is 3.48. The standard InChI is InChI=1S/C18H17Cl2F3N2O2/c19-14-6-5-13(17(26)15(14)20)16(25-9-7-24-8-10-25)11-1-3-12(4-2-11)27-18(21,22)23/h1-6,16,24,26H,7-10H2/t16-/m0/s1. The Morgan fingerprint density at radius 3 is 2.26 bits per heavy atom. The lowest BCUT2D eigenvalue weighted by Gasteiger charge is -2.36. The number of benzene rings is 2. The van der Waals surface area contributed by atoms with Gasteiger partial charge in [-0.15, -0.1) is 13.2 Å². The number of phenols is 1. The van der Waals surface area contributed by atoms with Crippen molar-refractivity contribution in [1.29, 1.82) is 0 Å². The largest absolute Gasteiger partial charge is 0.573 e. The number of nitrogens with one attached hydrogen (secondary N) is 1. The average molecular weight is 421 g/mol. The minimum Gasteiger partial charge on any atom is -0.506 e. The molecule has 1 saturated heterocycles. The Morgan fingerprint density at radius 2 is 1.67 bits per heavy atom. The Bertz CT molecular complexity index is 794. The minimum atomic E-state index is -4.75. The van der Waals surface area contributed by atoms with Gasteiger partial charge in [-0.25, -0.2) is 0 Å². The molecule has 1 aliphatic heterocycles. The average Bonchev–Trinajstić information content (AvgIpc) is 2.63. The predicted octanol–water partition coefficient (Wildman–Crippen LogP) is 4.59. The smallest absolute Gasteiger partial charge is 0.506 e. The van der Waals surface area contributed by atoms with Crippen LogP contribution in [0.5, 0.6) is 11.5 Å². The van der Waals surface area contributed by atoms with Gasteiger partial charge in [-0.05, 0) is 23.8 Å². The van der Waals surface area contributed by atoms with Crippen LogP contribution < -0.4 is 10.1 Å². The normalized spacial score (nSPS) is 16.9. The van der Waals surface area contributed by atoms with Crippen molar-refractivity contribution in [3.63, 3.8) is 0 Å². The molecule has 9 heteroatoms. The van der Waals surface area contributed by atoms with Crippen LogP contribution in [0.4, 0.5) is 13.2 Å². The molecule has 0 radical (unpaired) electrons. The lowest BCUT2D eigenvalue weighted by Crippen LogP contribution is -2.45. The second-order valence-electron chi connectivity index (χ2n) is 6.10. The van der Waals surface area contributed by atoms with Crippen molar-refractivity contribution >= 4 is 23.2 Å². The van der Waals surface area contributed by atoms with Gasteiger partial charge in [0.1, 0.15) is 16.5 Å². The first-order valence-corrected chi connectivity index (χ1v) is 8.99. The number of alkyl halides is 3. The summed E-state index contributed by atoms with van der Waals surface area (Å²) >= 11 is 12.1. The highest BCUT2D eigenvalue weighted by molar-refractivity contribution is 6.43. The molecule has 0 bridgehead atoms. The number of piperazine rings is 1. The topological polar surface area (TPSA) is 44.7 Å². The number of halogens is 5. The fourth-order valence-electron chi connectivity index (χ4n) is 3.15. The van der Waals surface area contributed by atoms with Crippen molar-refractivity contribution in [2.75, 3.05) is 26.2 Å². The number of ether oxygens (including phenoxy) is 1. The predicted molar refractivity (Wildman–Crippen MR) is 97.5 cm³/mol. The molecule has 146 valence electrons. The van der Waals surface area contributed by atoms with Crippen molar-refractivity contribution in [2.24, 2.45) is 0 Å². The van der Waals surface area contributed by atoms with Gasteiger partial charge in [0.05, 0.1) is 11.1 Å². The van der Waals surface area contributed by atoms with Crippen molar-refractivity contribution < 1.29 is 23.0 Å². The molecule has 0 aliphatic carbocycles. The molecule has 27 heavy (non-hydrogen) atoms. The number of hydrogen-bond acceptors (Lipinski definition) is 4. The quantitative estimate of drug-likeness (QED) is 0.758. The van der Waals surface area contributed by atoms with Crippen molar-refractivity contribution in [2.45, 2.75) is 12.4 Å². The molecule has 2 N–H and O–H groups in total. The highest BCUT2D eigenvalue weighted by Gasteiger charge is 2.32.